The Hall–Kier alpha value is -2.23. The zero-order valence-electron chi connectivity index (χ0n) is 14.0. The van der Waals surface area contributed by atoms with Crippen LogP contribution in [0.1, 0.15) is 15.9 Å². The van der Waals surface area contributed by atoms with Crippen molar-refractivity contribution in [1.82, 2.24) is 9.31 Å². The number of halogens is 1. The average molecular weight is 436 g/mol. The van der Waals surface area contributed by atoms with E-state index in [-0.39, 0.29) is 16.6 Å². The van der Waals surface area contributed by atoms with Crippen LogP contribution in [0.4, 0.5) is 0 Å². The van der Waals surface area contributed by atoms with Gasteiger partial charge in [0, 0.05) is 10.0 Å². The fraction of sp³-hybridized carbons (Fsp3) is 0.176. The van der Waals surface area contributed by atoms with E-state index in [1.807, 2.05) is 6.07 Å². The van der Waals surface area contributed by atoms with Gasteiger partial charge in [0.05, 0.1) is 24.6 Å². The third-order valence-electron chi connectivity index (χ3n) is 4.36. The van der Waals surface area contributed by atoms with Crippen molar-refractivity contribution in [3.8, 4) is 0 Å². The Labute approximate surface area is 159 Å². The maximum atomic E-state index is 13.1. The molecule has 0 fully saturated rings. The van der Waals surface area contributed by atoms with Gasteiger partial charge in [0.2, 0.25) is 0 Å². The molecule has 7 nitrogen and oxygen atoms in total. The van der Waals surface area contributed by atoms with Gasteiger partial charge in [0.1, 0.15) is 0 Å². The van der Waals surface area contributed by atoms with Crippen LogP contribution in [-0.2, 0) is 10.0 Å². The van der Waals surface area contributed by atoms with Gasteiger partial charge in [-0.1, -0.05) is 24.3 Å². The van der Waals surface area contributed by atoms with Crippen LogP contribution in [0, 0.1) is 0 Å². The quantitative estimate of drug-likeness (QED) is 0.754. The van der Waals surface area contributed by atoms with Crippen molar-refractivity contribution < 1.29 is 18.1 Å². The van der Waals surface area contributed by atoms with E-state index in [0.29, 0.717) is 15.6 Å². The van der Waals surface area contributed by atoms with Crippen molar-refractivity contribution in [1.29, 1.82) is 0 Å². The van der Waals surface area contributed by atoms with E-state index in [4.69, 9.17) is 0 Å². The highest BCUT2D eigenvalue weighted by atomic mass is 79.9. The van der Waals surface area contributed by atoms with Gasteiger partial charge >= 0.3 is 0 Å². The van der Waals surface area contributed by atoms with Crippen LogP contribution in [0.25, 0.3) is 0 Å². The lowest BCUT2D eigenvalue weighted by molar-refractivity contribution is -0.904. The van der Waals surface area contributed by atoms with Gasteiger partial charge in [-0.05, 0) is 40.2 Å². The maximum absolute atomic E-state index is 13.1. The van der Waals surface area contributed by atoms with Crippen molar-refractivity contribution in [2.24, 2.45) is 5.10 Å². The first-order chi connectivity index (χ1) is 12.3. The number of amidine groups is 1. The van der Waals surface area contributed by atoms with E-state index in [2.05, 4.69) is 21.0 Å². The third kappa shape index (κ3) is 2.31. The van der Waals surface area contributed by atoms with Crippen LogP contribution in [0.2, 0.25) is 0 Å². The van der Waals surface area contributed by atoms with Crippen molar-refractivity contribution in [3.63, 3.8) is 0 Å². The summed E-state index contributed by atoms with van der Waals surface area (Å²) >= 11 is 3.38. The molecule has 2 aromatic rings. The molecule has 2 aromatic carbocycles. The molecule has 1 N–H and O–H groups in total. The van der Waals surface area contributed by atoms with Gasteiger partial charge in [-0.15, -0.1) is 5.10 Å². The summed E-state index contributed by atoms with van der Waals surface area (Å²) in [4.78, 5) is 14.1. The molecule has 2 heterocycles. The normalized spacial score (nSPS) is 20.2. The predicted molar refractivity (Wildman–Crippen MR) is 98.9 cm³/mol. The van der Waals surface area contributed by atoms with Crippen LogP contribution < -0.4 is 4.90 Å². The highest BCUT2D eigenvalue weighted by Gasteiger charge is 2.54. The molecular weight excluding hydrogens is 420 g/mol. The summed E-state index contributed by atoms with van der Waals surface area (Å²) in [5.74, 6) is -0.0783. The van der Waals surface area contributed by atoms with E-state index in [1.165, 1.54) is 9.31 Å². The molecule has 2 aliphatic rings. The van der Waals surface area contributed by atoms with Crippen LogP contribution in [0.3, 0.4) is 0 Å². The molecule has 134 valence electrons. The Balaban J connectivity index is 1.88. The first-order valence-corrected chi connectivity index (χ1v) is 10.2. The zero-order valence-corrected chi connectivity index (χ0v) is 16.5. The summed E-state index contributed by atoms with van der Waals surface area (Å²) in [6.07, 6.45) is -0.790. The zero-order chi connectivity index (χ0) is 18.6. The smallest absolute Gasteiger partial charge is 0.281 e. The van der Waals surface area contributed by atoms with Gasteiger partial charge in [0.15, 0.2) is 5.84 Å². The van der Waals surface area contributed by atoms with Crippen molar-refractivity contribution >= 4 is 37.7 Å². The number of hydrogen-bond acceptors (Lipinski definition) is 4. The second-order valence-corrected chi connectivity index (χ2v) is 8.94. The lowest BCUT2D eigenvalue weighted by atomic mass is 10.2. The van der Waals surface area contributed by atoms with Crippen molar-refractivity contribution in [3.05, 3.63) is 64.1 Å². The minimum absolute atomic E-state index is 0.220. The van der Waals surface area contributed by atoms with E-state index >= 15 is 0 Å². The number of amides is 1. The Morgan fingerprint density at radius 3 is 2.46 bits per heavy atom. The summed E-state index contributed by atoms with van der Waals surface area (Å²) in [5.41, 5.74) is 0.941. The minimum atomic E-state index is -3.76. The lowest BCUT2D eigenvalue weighted by Gasteiger charge is -2.29. The number of carbonyl (C=O) groups is 1. The molecule has 0 saturated heterocycles. The van der Waals surface area contributed by atoms with E-state index < -0.39 is 16.3 Å². The molecular formula is C17H16BrN4O3S+. The van der Waals surface area contributed by atoms with E-state index in [1.54, 1.807) is 56.6 Å². The number of quaternary nitrogens is 1. The predicted octanol–water partition coefficient (Wildman–Crippen LogP) is 0.699. The fourth-order valence-electron chi connectivity index (χ4n) is 3.21. The molecule has 26 heavy (non-hydrogen) atoms. The van der Waals surface area contributed by atoms with Crippen LogP contribution in [0.5, 0.6) is 0 Å². The molecule has 0 bridgehead atoms. The molecule has 2 aliphatic heterocycles. The van der Waals surface area contributed by atoms with Gasteiger partial charge < -0.3 is 0 Å². The lowest BCUT2D eigenvalue weighted by Crippen LogP contribution is -3.13. The van der Waals surface area contributed by atoms with E-state index in [0.717, 1.165) is 4.90 Å². The second kappa shape index (κ2) is 5.90. The highest BCUT2D eigenvalue weighted by molar-refractivity contribution is 9.10. The molecule has 9 heteroatoms. The Kier molecular flexibility index (Phi) is 3.90. The average Bonchev–Trinajstić information content (AvgIpc) is 3.11. The number of hydrazone groups is 1. The van der Waals surface area contributed by atoms with E-state index in [9.17, 15) is 13.2 Å². The van der Waals surface area contributed by atoms with Gasteiger partial charge in [0.25, 0.3) is 22.2 Å². The molecule has 0 radical (unpaired) electrons. The number of nitrogens with zero attached hydrogens (tertiary/aromatic N) is 3. The second-order valence-electron chi connectivity index (χ2n) is 6.30. The van der Waals surface area contributed by atoms with Gasteiger partial charge in [-0.25, -0.2) is 8.42 Å². The highest BCUT2D eigenvalue weighted by Crippen LogP contribution is 2.36. The molecule has 1 atom stereocenters. The maximum Gasteiger partial charge on any atom is 0.281 e. The molecule has 4 rings (SSSR count). The fourth-order valence-corrected chi connectivity index (χ4v) is 5.49. The number of sulfonamides is 1. The summed E-state index contributed by atoms with van der Waals surface area (Å²) < 4.78 is 27.9. The molecule has 0 spiro atoms. The number of carbonyl (C=O) groups excluding carboxylic acids is 1. The molecule has 0 aromatic heterocycles. The Morgan fingerprint density at radius 2 is 1.77 bits per heavy atom. The standard InChI is InChI=1S/C17H15BrN4O3S/c1-20(2)17-21(16(23)11-7-3-5-9-13(11)18)19-15-12-8-4-6-10-14(12)26(24,25)22(15)17/h3-10,17H,1-2H3/p+1/t17-/m0/s1. The summed E-state index contributed by atoms with van der Waals surface area (Å²) in [6, 6.07) is 13.7. The Bertz CT molecular complexity index is 1050. The number of nitrogens with one attached hydrogen (secondary N) is 1. The first kappa shape index (κ1) is 17.2. The molecule has 1 amide bonds. The minimum Gasteiger partial charge on any atom is -0.299 e. The summed E-state index contributed by atoms with van der Waals surface area (Å²) in [6.45, 7) is 0. The van der Waals surface area contributed by atoms with Crippen molar-refractivity contribution in [2.45, 2.75) is 11.2 Å². The molecule has 0 saturated carbocycles. The van der Waals surface area contributed by atoms with Gasteiger partial charge in [-0.3, -0.25) is 9.69 Å². The topological polar surface area (TPSA) is 74.5 Å². The number of hydrogen-bond donors (Lipinski definition) is 1. The number of rotatable bonds is 2. The van der Waals surface area contributed by atoms with Crippen LogP contribution in [-0.4, -0.2) is 49.9 Å². The Morgan fingerprint density at radius 1 is 1.12 bits per heavy atom. The molecule has 0 aliphatic carbocycles. The van der Waals surface area contributed by atoms with Crippen LogP contribution >= 0.6 is 15.9 Å². The van der Waals surface area contributed by atoms with Crippen molar-refractivity contribution in [2.75, 3.05) is 14.1 Å². The monoisotopic (exact) mass is 435 g/mol. The summed E-state index contributed by atoms with van der Waals surface area (Å²) in [7, 11) is -0.173. The van der Waals surface area contributed by atoms with Crippen LogP contribution in [0.15, 0.2) is 63.0 Å². The SMILES string of the molecule is C[NH+](C)[C@H]1N(C(=O)c2ccccc2Br)N=C2c3ccccc3S(=O)(=O)N21. The largest absolute Gasteiger partial charge is 0.299 e. The molecule has 0 unspecified atom stereocenters. The first-order valence-electron chi connectivity index (χ1n) is 7.94. The van der Waals surface area contributed by atoms with Gasteiger partial charge in [-0.2, -0.15) is 9.31 Å². The number of fused-ring (bicyclic) bond motifs is 3. The third-order valence-corrected chi connectivity index (χ3v) is 6.85. The number of benzene rings is 2. The summed E-state index contributed by atoms with van der Waals surface area (Å²) in [5, 5.41) is 5.66.